The van der Waals surface area contributed by atoms with Crippen LogP contribution in [-0.2, 0) is 0 Å². The summed E-state index contributed by atoms with van der Waals surface area (Å²) < 4.78 is 0. The summed E-state index contributed by atoms with van der Waals surface area (Å²) >= 11 is 0. The summed E-state index contributed by atoms with van der Waals surface area (Å²) in [5.41, 5.74) is 4.33. The number of nitriles is 1. The predicted molar refractivity (Wildman–Crippen MR) is 87.6 cm³/mol. The van der Waals surface area contributed by atoms with Gasteiger partial charge in [0.25, 0.3) is 0 Å². The summed E-state index contributed by atoms with van der Waals surface area (Å²) in [6, 6.07) is 18.7. The molecule has 4 rings (SSSR count). The van der Waals surface area contributed by atoms with E-state index in [-0.39, 0.29) is 11.6 Å². The highest BCUT2D eigenvalue weighted by atomic mass is 15.3. The molecule has 1 unspecified atom stereocenters. The Morgan fingerprint density at radius 1 is 1.05 bits per heavy atom. The van der Waals surface area contributed by atoms with Gasteiger partial charge in [-0.05, 0) is 30.5 Å². The Balaban J connectivity index is 2.07. The zero-order valence-electron chi connectivity index (χ0n) is 12.7. The van der Waals surface area contributed by atoms with E-state index in [1.807, 2.05) is 24.3 Å². The van der Waals surface area contributed by atoms with Gasteiger partial charge in [0.1, 0.15) is 11.9 Å². The third kappa shape index (κ3) is 1.77. The van der Waals surface area contributed by atoms with Gasteiger partial charge in [-0.1, -0.05) is 48.5 Å². The molecule has 0 bridgehead atoms. The lowest BCUT2D eigenvalue weighted by Gasteiger charge is -2.26. The van der Waals surface area contributed by atoms with Gasteiger partial charge in [0.2, 0.25) is 0 Å². The SMILES string of the molecule is CC1(C)CN2C(=N1)c1ccccc1-c1ccccc1C2C#N. The molecule has 22 heavy (non-hydrogen) atoms. The van der Waals surface area contributed by atoms with Crippen LogP contribution in [0.3, 0.4) is 0 Å². The Labute approximate surface area is 130 Å². The molecule has 2 aliphatic rings. The first-order valence-corrected chi connectivity index (χ1v) is 7.55. The summed E-state index contributed by atoms with van der Waals surface area (Å²) in [5, 5.41) is 9.81. The minimum absolute atomic E-state index is 0.163. The van der Waals surface area contributed by atoms with Crippen molar-refractivity contribution >= 4 is 5.84 Å². The monoisotopic (exact) mass is 287 g/mol. The maximum absolute atomic E-state index is 9.81. The van der Waals surface area contributed by atoms with Crippen molar-refractivity contribution < 1.29 is 0 Å². The number of benzene rings is 2. The first-order chi connectivity index (χ1) is 10.6. The van der Waals surface area contributed by atoms with E-state index in [2.05, 4.69) is 49.1 Å². The molecule has 0 saturated heterocycles. The molecular formula is C19H17N3. The minimum Gasteiger partial charge on any atom is -0.334 e. The maximum Gasteiger partial charge on any atom is 0.144 e. The third-order valence-corrected chi connectivity index (χ3v) is 4.39. The van der Waals surface area contributed by atoms with Crippen molar-refractivity contribution in [2.24, 2.45) is 4.99 Å². The van der Waals surface area contributed by atoms with Gasteiger partial charge < -0.3 is 4.90 Å². The summed E-state index contributed by atoms with van der Waals surface area (Å²) in [4.78, 5) is 7.07. The van der Waals surface area contributed by atoms with Crippen molar-refractivity contribution in [1.29, 1.82) is 5.26 Å². The normalized spacial score (nSPS) is 21.0. The highest BCUT2D eigenvalue weighted by molar-refractivity contribution is 6.07. The van der Waals surface area contributed by atoms with E-state index >= 15 is 0 Å². The molecule has 0 saturated carbocycles. The third-order valence-electron chi connectivity index (χ3n) is 4.39. The highest BCUT2D eigenvalue weighted by Crippen LogP contribution is 2.41. The molecule has 0 spiro atoms. The average molecular weight is 287 g/mol. The molecule has 0 fully saturated rings. The molecule has 2 heterocycles. The van der Waals surface area contributed by atoms with Crippen LogP contribution < -0.4 is 0 Å². The summed E-state index contributed by atoms with van der Waals surface area (Å²) in [5.74, 6) is 0.948. The van der Waals surface area contributed by atoms with Crippen LogP contribution in [0, 0.1) is 11.3 Å². The lowest BCUT2D eigenvalue weighted by molar-refractivity contribution is 0.342. The van der Waals surface area contributed by atoms with Gasteiger partial charge in [-0.15, -0.1) is 0 Å². The van der Waals surface area contributed by atoms with E-state index in [9.17, 15) is 5.26 Å². The molecule has 3 nitrogen and oxygen atoms in total. The van der Waals surface area contributed by atoms with Crippen LogP contribution in [0.1, 0.15) is 31.0 Å². The minimum atomic E-state index is -0.288. The average Bonchev–Trinajstić information content (AvgIpc) is 2.79. The van der Waals surface area contributed by atoms with E-state index in [0.717, 1.165) is 34.6 Å². The van der Waals surface area contributed by atoms with Gasteiger partial charge in [0.05, 0.1) is 11.6 Å². The smallest absolute Gasteiger partial charge is 0.144 e. The van der Waals surface area contributed by atoms with Crippen LogP contribution in [0.4, 0.5) is 0 Å². The summed E-state index contributed by atoms with van der Waals surface area (Å²) in [6.07, 6.45) is 0. The Hall–Kier alpha value is -2.60. The number of hydrogen-bond donors (Lipinski definition) is 0. The highest BCUT2D eigenvalue weighted by Gasteiger charge is 2.40. The Morgan fingerprint density at radius 2 is 1.68 bits per heavy atom. The number of rotatable bonds is 0. The maximum atomic E-state index is 9.81. The fourth-order valence-corrected chi connectivity index (χ4v) is 3.51. The van der Waals surface area contributed by atoms with Crippen LogP contribution in [0.15, 0.2) is 53.5 Å². The van der Waals surface area contributed by atoms with Gasteiger partial charge in [-0.2, -0.15) is 5.26 Å². The molecule has 0 aromatic heterocycles. The molecular weight excluding hydrogens is 270 g/mol. The van der Waals surface area contributed by atoms with Crippen LogP contribution in [0.2, 0.25) is 0 Å². The predicted octanol–water partition coefficient (Wildman–Crippen LogP) is 3.77. The van der Waals surface area contributed by atoms with E-state index in [0.29, 0.717) is 0 Å². The second-order valence-electron chi connectivity index (χ2n) is 6.54. The Bertz CT molecular complexity index is 827. The van der Waals surface area contributed by atoms with Gasteiger partial charge in [-0.25, -0.2) is 0 Å². The van der Waals surface area contributed by atoms with E-state index in [1.54, 1.807) is 0 Å². The van der Waals surface area contributed by atoms with E-state index in [4.69, 9.17) is 4.99 Å². The number of aliphatic imine (C=N–C) groups is 1. The number of amidine groups is 1. The number of nitrogens with zero attached hydrogens (tertiary/aromatic N) is 3. The van der Waals surface area contributed by atoms with Crippen molar-refractivity contribution in [3.63, 3.8) is 0 Å². The van der Waals surface area contributed by atoms with E-state index < -0.39 is 0 Å². The van der Waals surface area contributed by atoms with Crippen molar-refractivity contribution in [2.75, 3.05) is 6.54 Å². The molecule has 1 atom stereocenters. The lowest BCUT2D eigenvalue weighted by atomic mass is 9.94. The summed E-state index contributed by atoms with van der Waals surface area (Å²) in [6.45, 7) is 5.01. The second kappa shape index (κ2) is 4.45. The zero-order valence-corrected chi connectivity index (χ0v) is 12.7. The largest absolute Gasteiger partial charge is 0.334 e. The van der Waals surface area contributed by atoms with Crippen LogP contribution >= 0.6 is 0 Å². The molecule has 2 aromatic rings. The van der Waals surface area contributed by atoms with Crippen LogP contribution in [0.5, 0.6) is 0 Å². The first-order valence-electron chi connectivity index (χ1n) is 7.55. The molecule has 2 aliphatic heterocycles. The van der Waals surface area contributed by atoms with Crippen molar-refractivity contribution in [3.8, 4) is 17.2 Å². The van der Waals surface area contributed by atoms with Crippen molar-refractivity contribution in [3.05, 3.63) is 59.7 Å². The lowest BCUT2D eigenvalue weighted by Crippen LogP contribution is -2.35. The molecule has 0 radical (unpaired) electrons. The molecule has 0 amide bonds. The van der Waals surface area contributed by atoms with Crippen LogP contribution in [0.25, 0.3) is 11.1 Å². The zero-order chi connectivity index (χ0) is 15.3. The van der Waals surface area contributed by atoms with Gasteiger partial charge in [0.15, 0.2) is 0 Å². The molecule has 3 heteroatoms. The molecule has 2 aromatic carbocycles. The van der Waals surface area contributed by atoms with Crippen molar-refractivity contribution in [1.82, 2.24) is 4.90 Å². The first kappa shape index (κ1) is 13.1. The van der Waals surface area contributed by atoms with Gasteiger partial charge in [0, 0.05) is 12.1 Å². The summed E-state index contributed by atoms with van der Waals surface area (Å²) in [7, 11) is 0. The van der Waals surface area contributed by atoms with Gasteiger partial charge in [-0.3, -0.25) is 4.99 Å². The molecule has 108 valence electrons. The fourth-order valence-electron chi connectivity index (χ4n) is 3.51. The topological polar surface area (TPSA) is 39.4 Å². The number of hydrogen-bond acceptors (Lipinski definition) is 3. The second-order valence-corrected chi connectivity index (χ2v) is 6.54. The fraction of sp³-hybridized carbons (Fsp3) is 0.263. The van der Waals surface area contributed by atoms with Crippen LogP contribution in [-0.4, -0.2) is 22.8 Å². The Morgan fingerprint density at radius 3 is 2.41 bits per heavy atom. The molecule has 0 N–H and O–H groups in total. The van der Waals surface area contributed by atoms with Crippen molar-refractivity contribution in [2.45, 2.75) is 25.4 Å². The number of fused-ring (bicyclic) bond motifs is 5. The molecule has 0 aliphatic carbocycles. The van der Waals surface area contributed by atoms with Gasteiger partial charge >= 0.3 is 0 Å². The standard InChI is InChI=1S/C19H17N3/c1-19(2)12-22-17(11-20)15-9-5-3-7-13(15)14-8-4-6-10-16(14)18(22)21-19/h3-10,17H,12H2,1-2H3. The quantitative estimate of drug-likeness (QED) is 0.740. The Kier molecular flexibility index (Phi) is 2.65. The van der Waals surface area contributed by atoms with E-state index in [1.165, 1.54) is 0 Å².